The summed E-state index contributed by atoms with van der Waals surface area (Å²) in [6, 6.07) is 12.2. The second kappa shape index (κ2) is 9.74. The van der Waals surface area contributed by atoms with E-state index in [9.17, 15) is 18.0 Å². The zero-order valence-corrected chi connectivity index (χ0v) is 21.8. The molecule has 2 aliphatic rings. The molecule has 2 aromatic rings. The first-order valence-electron chi connectivity index (χ1n) is 12.3. The maximum absolute atomic E-state index is 13.8. The molecule has 188 valence electrons. The lowest BCUT2D eigenvalue weighted by Gasteiger charge is -2.47. The van der Waals surface area contributed by atoms with Gasteiger partial charge in [-0.2, -0.15) is 4.31 Å². The van der Waals surface area contributed by atoms with E-state index in [1.54, 1.807) is 31.2 Å². The van der Waals surface area contributed by atoms with Crippen LogP contribution in [0.2, 0.25) is 0 Å². The molecule has 1 saturated heterocycles. The van der Waals surface area contributed by atoms with Gasteiger partial charge in [0.25, 0.3) is 0 Å². The van der Waals surface area contributed by atoms with Crippen LogP contribution < -0.4 is 10.2 Å². The number of hydrogen-bond acceptors (Lipinski definition) is 4. The molecule has 35 heavy (non-hydrogen) atoms. The lowest BCUT2D eigenvalue weighted by molar-refractivity contribution is -0.133. The van der Waals surface area contributed by atoms with Crippen molar-refractivity contribution in [2.24, 2.45) is 0 Å². The van der Waals surface area contributed by atoms with Gasteiger partial charge in [-0.1, -0.05) is 49.1 Å². The maximum Gasteiger partial charge on any atom is 0.247 e. The van der Waals surface area contributed by atoms with Crippen molar-refractivity contribution in [3.8, 4) is 0 Å². The molecular weight excluding hydrogens is 462 g/mol. The SMILES string of the molecule is Cc1ccc(S(=O)(=O)N2CC(=O)N(c3cccc(C)c3C)[C@](C)(C(=O)NC3CCCCC3)C2)cc1. The van der Waals surface area contributed by atoms with E-state index in [1.165, 1.54) is 4.90 Å². The fraction of sp³-hybridized carbons (Fsp3) is 0.481. The smallest absolute Gasteiger partial charge is 0.247 e. The fourth-order valence-electron chi connectivity index (χ4n) is 5.14. The second-order valence-electron chi connectivity index (χ2n) is 10.1. The number of piperazine rings is 1. The van der Waals surface area contributed by atoms with E-state index in [0.29, 0.717) is 5.69 Å². The minimum atomic E-state index is -3.97. The molecule has 1 aliphatic carbocycles. The molecule has 2 amide bonds. The topological polar surface area (TPSA) is 86.8 Å². The molecule has 0 aromatic heterocycles. The Morgan fingerprint density at radius 3 is 2.31 bits per heavy atom. The molecular formula is C27H35N3O4S. The van der Waals surface area contributed by atoms with Gasteiger partial charge >= 0.3 is 0 Å². The average molecular weight is 498 g/mol. The molecule has 2 aromatic carbocycles. The standard InChI is InChI=1S/C27H35N3O4S/c1-19-13-15-23(16-14-19)35(33,34)29-17-25(31)30(24-12-8-9-20(2)21(24)3)27(4,18-29)26(32)28-22-10-6-5-7-11-22/h8-9,12-16,22H,5-7,10-11,17-18H2,1-4H3,(H,28,32)/t27-/m0/s1. The summed E-state index contributed by atoms with van der Waals surface area (Å²) in [5, 5.41) is 3.15. The monoisotopic (exact) mass is 497 g/mol. The molecule has 1 atom stereocenters. The number of carbonyl (C=O) groups is 2. The van der Waals surface area contributed by atoms with E-state index in [-0.39, 0.29) is 29.9 Å². The molecule has 0 unspecified atom stereocenters. The quantitative estimate of drug-likeness (QED) is 0.680. The van der Waals surface area contributed by atoms with Gasteiger partial charge in [-0.25, -0.2) is 8.42 Å². The predicted octanol–water partition coefficient (Wildman–Crippen LogP) is 3.86. The summed E-state index contributed by atoms with van der Waals surface area (Å²) in [5.41, 5.74) is 2.08. The van der Waals surface area contributed by atoms with Crippen molar-refractivity contribution in [1.29, 1.82) is 0 Å². The minimum absolute atomic E-state index is 0.0349. The Balaban J connectivity index is 1.75. The van der Waals surface area contributed by atoms with Crippen LogP contribution in [-0.4, -0.2) is 49.2 Å². The summed E-state index contributed by atoms with van der Waals surface area (Å²) >= 11 is 0. The number of nitrogens with one attached hydrogen (secondary N) is 1. The average Bonchev–Trinajstić information content (AvgIpc) is 2.82. The number of rotatable bonds is 5. The summed E-state index contributed by atoms with van der Waals surface area (Å²) in [6.45, 7) is 7.00. The third-order valence-electron chi connectivity index (χ3n) is 7.44. The lowest BCUT2D eigenvalue weighted by atomic mass is 9.90. The van der Waals surface area contributed by atoms with Crippen LogP contribution in [0.3, 0.4) is 0 Å². The molecule has 1 saturated carbocycles. The number of amides is 2. The Hall–Kier alpha value is -2.71. The summed E-state index contributed by atoms with van der Waals surface area (Å²) in [4.78, 5) is 29.1. The number of aryl methyl sites for hydroxylation is 2. The largest absolute Gasteiger partial charge is 0.351 e. The van der Waals surface area contributed by atoms with E-state index in [2.05, 4.69) is 5.32 Å². The van der Waals surface area contributed by atoms with E-state index >= 15 is 0 Å². The van der Waals surface area contributed by atoms with Crippen LogP contribution in [0.1, 0.15) is 55.7 Å². The van der Waals surface area contributed by atoms with Crippen molar-refractivity contribution in [2.45, 2.75) is 76.3 Å². The second-order valence-corrected chi connectivity index (χ2v) is 12.1. The van der Waals surface area contributed by atoms with Gasteiger partial charge in [-0.15, -0.1) is 0 Å². The molecule has 1 aliphatic heterocycles. The van der Waals surface area contributed by atoms with Crippen molar-refractivity contribution in [1.82, 2.24) is 9.62 Å². The van der Waals surface area contributed by atoms with Gasteiger partial charge in [0.05, 0.1) is 11.4 Å². The number of hydrogen-bond donors (Lipinski definition) is 1. The first kappa shape index (κ1) is 25.4. The number of nitrogens with zero attached hydrogens (tertiary/aromatic N) is 2. The van der Waals surface area contributed by atoms with Gasteiger partial charge in [-0.3, -0.25) is 14.5 Å². The van der Waals surface area contributed by atoms with Gasteiger partial charge in [0.1, 0.15) is 5.54 Å². The van der Waals surface area contributed by atoms with Gasteiger partial charge < -0.3 is 5.32 Å². The van der Waals surface area contributed by atoms with Crippen LogP contribution in [0.25, 0.3) is 0 Å². The highest BCUT2D eigenvalue weighted by Gasteiger charge is 2.51. The Bertz CT molecular complexity index is 1220. The molecule has 0 radical (unpaired) electrons. The highest BCUT2D eigenvalue weighted by Crippen LogP contribution is 2.35. The lowest BCUT2D eigenvalue weighted by Crippen LogP contribution is -2.71. The number of sulfonamides is 1. The van der Waals surface area contributed by atoms with Gasteiger partial charge in [-0.05, 0) is 69.9 Å². The van der Waals surface area contributed by atoms with Gasteiger partial charge in [0.2, 0.25) is 21.8 Å². The molecule has 1 heterocycles. The van der Waals surface area contributed by atoms with Crippen LogP contribution in [0.5, 0.6) is 0 Å². The van der Waals surface area contributed by atoms with Gasteiger partial charge in [0.15, 0.2) is 0 Å². The summed E-state index contributed by atoms with van der Waals surface area (Å²) in [6.07, 6.45) is 5.04. The Morgan fingerprint density at radius 2 is 1.66 bits per heavy atom. The zero-order chi connectivity index (χ0) is 25.4. The normalized spacial score (nSPS) is 22.3. The van der Waals surface area contributed by atoms with Gasteiger partial charge in [0, 0.05) is 18.3 Å². The third kappa shape index (κ3) is 4.86. The van der Waals surface area contributed by atoms with Crippen LogP contribution in [-0.2, 0) is 19.6 Å². The number of anilines is 1. The first-order chi connectivity index (χ1) is 16.5. The van der Waals surface area contributed by atoms with Crippen molar-refractivity contribution in [2.75, 3.05) is 18.0 Å². The number of benzene rings is 2. The molecule has 0 spiro atoms. The molecule has 0 bridgehead atoms. The third-order valence-corrected chi connectivity index (χ3v) is 9.25. The molecule has 4 rings (SSSR count). The first-order valence-corrected chi connectivity index (χ1v) is 13.7. The fourth-order valence-corrected chi connectivity index (χ4v) is 6.62. The minimum Gasteiger partial charge on any atom is -0.351 e. The van der Waals surface area contributed by atoms with E-state index < -0.39 is 21.5 Å². The molecule has 8 heteroatoms. The zero-order valence-electron chi connectivity index (χ0n) is 21.0. The summed E-state index contributed by atoms with van der Waals surface area (Å²) in [5.74, 6) is -0.732. The van der Waals surface area contributed by atoms with E-state index in [0.717, 1.165) is 53.1 Å². The Morgan fingerprint density at radius 1 is 1.00 bits per heavy atom. The van der Waals surface area contributed by atoms with Crippen molar-refractivity contribution in [3.05, 3.63) is 59.2 Å². The van der Waals surface area contributed by atoms with E-state index in [4.69, 9.17) is 0 Å². The van der Waals surface area contributed by atoms with Crippen molar-refractivity contribution < 1.29 is 18.0 Å². The summed E-state index contributed by atoms with van der Waals surface area (Å²) < 4.78 is 28.2. The van der Waals surface area contributed by atoms with Crippen LogP contribution >= 0.6 is 0 Å². The molecule has 2 fully saturated rings. The predicted molar refractivity (Wildman–Crippen MR) is 137 cm³/mol. The molecule has 7 nitrogen and oxygen atoms in total. The Kier molecular flexibility index (Phi) is 7.06. The Labute approximate surface area is 208 Å². The highest BCUT2D eigenvalue weighted by atomic mass is 32.2. The van der Waals surface area contributed by atoms with Crippen LogP contribution in [0.15, 0.2) is 47.4 Å². The van der Waals surface area contributed by atoms with E-state index in [1.807, 2.05) is 39.0 Å². The molecule has 1 N–H and O–H groups in total. The number of carbonyl (C=O) groups excluding carboxylic acids is 2. The van der Waals surface area contributed by atoms with Crippen molar-refractivity contribution in [3.63, 3.8) is 0 Å². The maximum atomic E-state index is 13.8. The van der Waals surface area contributed by atoms with Crippen molar-refractivity contribution >= 4 is 27.5 Å². The van der Waals surface area contributed by atoms with Crippen LogP contribution in [0.4, 0.5) is 5.69 Å². The highest BCUT2D eigenvalue weighted by molar-refractivity contribution is 7.89. The summed E-state index contributed by atoms with van der Waals surface area (Å²) in [7, 11) is -3.97. The van der Waals surface area contributed by atoms with Crippen LogP contribution in [0, 0.1) is 20.8 Å².